The van der Waals surface area contributed by atoms with Gasteiger partial charge < -0.3 is 0 Å². The third-order valence-corrected chi connectivity index (χ3v) is 4.17. The molecule has 0 fully saturated rings. The van der Waals surface area contributed by atoms with E-state index in [4.69, 9.17) is 11.6 Å². The molecule has 0 spiro atoms. The highest BCUT2D eigenvalue weighted by Crippen LogP contribution is 2.31. The standard InChI is InChI=1S/C14H9Br2ClF2/c15-9-3-1-2-8(4-9)5-12(17)10-6-14(19)11(16)7-13(10)18/h1-4,6-7,12H,5H2. The topological polar surface area (TPSA) is 0 Å². The average Bonchev–Trinajstić information content (AvgIpc) is 2.33. The minimum Gasteiger partial charge on any atom is -0.207 e. The Morgan fingerprint density at radius 3 is 2.47 bits per heavy atom. The van der Waals surface area contributed by atoms with Crippen LogP contribution in [0.2, 0.25) is 0 Å². The summed E-state index contributed by atoms with van der Waals surface area (Å²) in [6.07, 6.45) is 0.430. The first-order valence-corrected chi connectivity index (χ1v) is 7.52. The van der Waals surface area contributed by atoms with E-state index < -0.39 is 17.0 Å². The number of hydrogen-bond acceptors (Lipinski definition) is 0. The van der Waals surface area contributed by atoms with E-state index in [-0.39, 0.29) is 10.0 Å². The summed E-state index contributed by atoms with van der Waals surface area (Å²) in [7, 11) is 0. The molecule has 0 aromatic heterocycles. The number of alkyl halides is 1. The van der Waals surface area contributed by atoms with Crippen LogP contribution in [0.25, 0.3) is 0 Å². The first-order valence-electron chi connectivity index (χ1n) is 5.50. The first-order chi connectivity index (χ1) is 8.97. The molecule has 0 N–H and O–H groups in total. The van der Waals surface area contributed by atoms with Crippen LogP contribution in [0.3, 0.4) is 0 Å². The summed E-state index contributed by atoms with van der Waals surface area (Å²) in [5.74, 6) is -1.03. The molecule has 100 valence electrons. The van der Waals surface area contributed by atoms with E-state index in [1.165, 1.54) is 0 Å². The normalized spacial score (nSPS) is 12.5. The third-order valence-electron chi connectivity index (χ3n) is 2.68. The van der Waals surface area contributed by atoms with E-state index in [9.17, 15) is 8.78 Å². The fourth-order valence-corrected chi connectivity index (χ4v) is 2.87. The molecule has 2 aromatic carbocycles. The Bertz CT molecular complexity index is 602. The van der Waals surface area contributed by atoms with Crippen LogP contribution >= 0.6 is 43.5 Å². The molecule has 0 nitrogen and oxygen atoms in total. The van der Waals surface area contributed by atoms with Gasteiger partial charge >= 0.3 is 0 Å². The molecule has 1 unspecified atom stereocenters. The molecule has 2 rings (SSSR count). The molecule has 0 saturated heterocycles. The number of hydrogen-bond donors (Lipinski definition) is 0. The van der Waals surface area contributed by atoms with Crippen molar-refractivity contribution in [2.75, 3.05) is 0 Å². The Hall–Kier alpha value is -0.450. The molecule has 2 aromatic rings. The molecule has 0 radical (unpaired) electrons. The number of benzene rings is 2. The van der Waals surface area contributed by atoms with E-state index >= 15 is 0 Å². The highest BCUT2D eigenvalue weighted by Gasteiger charge is 2.16. The van der Waals surface area contributed by atoms with Gasteiger partial charge in [-0.25, -0.2) is 8.78 Å². The molecule has 0 amide bonds. The van der Waals surface area contributed by atoms with Gasteiger partial charge in [0.1, 0.15) is 11.6 Å². The van der Waals surface area contributed by atoms with Crippen molar-refractivity contribution in [1.82, 2.24) is 0 Å². The third kappa shape index (κ3) is 3.77. The Morgan fingerprint density at radius 2 is 1.79 bits per heavy atom. The van der Waals surface area contributed by atoms with Crippen molar-refractivity contribution in [3.63, 3.8) is 0 Å². The Morgan fingerprint density at radius 1 is 1.05 bits per heavy atom. The maximum absolute atomic E-state index is 13.8. The second-order valence-electron chi connectivity index (χ2n) is 4.09. The molecule has 0 aliphatic rings. The van der Waals surface area contributed by atoms with Crippen molar-refractivity contribution in [3.8, 4) is 0 Å². The molecule has 0 heterocycles. The van der Waals surface area contributed by atoms with Crippen molar-refractivity contribution in [2.24, 2.45) is 0 Å². The SMILES string of the molecule is Fc1cc(C(Cl)Cc2cccc(Br)c2)c(F)cc1Br. The minimum absolute atomic E-state index is 0.0973. The summed E-state index contributed by atoms with van der Waals surface area (Å²) >= 11 is 12.5. The lowest BCUT2D eigenvalue weighted by Gasteiger charge is -2.12. The van der Waals surface area contributed by atoms with Crippen LogP contribution in [-0.2, 0) is 6.42 Å². The Balaban J connectivity index is 2.25. The molecule has 19 heavy (non-hydrogen) atoms. The lowest BCUT2D eigenvalue weighted by molar-refractivity contribution is 0.577. The fraction of sp³-hybridized carbons (Fsp3) is 0.143. The molecular weight excluding hydrogens is 401 g/mol. The van der Waals surface area contributed by atoms with E-state index in [2.05, 4.69) is 31.9 Å². The molecule has 0 aliphatic heterocycles. The van der Waals surface area contributed by atoms with Crippen LogP contribution in [0.1, 0.15) is 16.5 Å². The summed E-state index contributed by atoms with van der Waals surface area (Å²) in [5.41, 5.74) is 1.12. The summed E-state index contributed by atoms with van der Waals surface area (Å²) in [6, 6.07) is 9.81. The molecule has 0 aliphatic carbocycles. The minimum atomic E-state index is -0.614. The van der Waals surface area contributed by atoms with Crippen molar-refractivity contribution < 1.29 is 8.78 Å². The van der Waals surface area contributed by atoms with Crippen LogP contribution < -0.4 is 0 Å². The molecule has 5 heteroatoms. The average molecular weight is 410 g/mol. The second-order valence-corrected chi connectivity index (χ2v) is 6.39. The predicted octanol–water partition coefficient (Wildman–Crippen LogP) is 6.01. The van der Waals surface area contributed by atoms with Gasteiger partial charge in [0.15, 0.2) is 0 Å². The zero-order valence-corrected chi connectivity index (χ0v) is 13.6. The number of halogens is 5. The summed E-state index contributed by atoms with van der Waals surface area (Å²) in [5, 5.41) is -0.614. The van der Waals surface area contributed by atoms with E-state index in [0.29, 0.717) is 6.42 Å². The monoisotopic (exact) mass is 408 g/mol. The molecule has 0 bridgehead atoms. The van der Waals surface area contributed by atoms with E-state index in [1.54, 1.807) is 0 Å². The molecular formula is C14H9Br2ClF2. The molecule has 1 atom stereocenters. The largest absolute Gasteiger partial charge is 0.207 e. The van der Waals surface area contributed by atoms with Crippen molar-refractivity contribution in [3.05, 3.63) is 68.1 Å². The predicted molar refractivity (Wildman–Crippen MR) is 80.5 cm³/mol. The number of rotatable bonds is 3. The van der Waals surface area contributed by atoms with Gasteiger partial charge in [-0.3, -0.25) is 0 Å². The Kier molecular flexibility index (Phi) is 4.98. The maximum atomic E-state index is 13.8. The van der Waals surface area contributed by atoms with Crippen LogP contribution in [0.5, 0.6) is 0 Å². The molecule has 0 saturated carbocycles. The summed E-state index contributed by atoms with van der Waals surface area (Å²) < 4.78 is 28.2. The lowest BCUT2D eigenvalue weighted by Crippen LogP contribution is -2.00. The van der Waals surface area contributed by atoms with Crippen molar-refractivity contribution in [2.45, 2.75) is 11.8 Å². The van der Waals surface area contributed by atoms with Gasteiger partial charge in [-0.1, -0.05) is 28.1 Å². The van der Waals surface area contributed by atoms with E-state index in [1.807, 2.05) is 24.3 Å². The Labute approximate surface area is 132 Å². The van der Waals surface area contributed by atoms with Gasteiger partial charge in [0.05, 0.1) is 9.85 Å². The zero-order chi connectivity index (χ0) is 14.0. The maximum Gasteiger partial charge on any atom is 0.137 e. The highest BCUT2D eigenvalue weighted by molar-refractivity contribution is 9.10. The highest BCUT2D eigenvalue weighted by atomic mass is 79.9. The first kappa shape index (κ1) is 14.9. The van der Waals surface area contributed by atoms with Gasteiger partial charge in [0, 0.05) is 10.0 Å². The van der Waals surface area contributed by atoms with Gasteiger partial charge in [0.2, 0.25) is 0 Å². The van der Waals surface area contributed by atoms with Gasteiger partial charge in [-0.05, 0) is 52.2 Å². The quantitative estimate of drug-likeness (QED) is 0.429. The fourth-order valence-electron chi connectivity index (χ4n) is 1.76. The van der Waals surface area contributed by atoms with Gasteiger partial charge in [-0.15, -0.1) is 11.6 Å². The zero-order valence-electron chi connectivity index (χ0n) is 9.64. The summed E-state index contributed by atoms with van der Waals surface area (Å²) in [6.45, 7) is 0. The van der Waals surface area contributed by atoms with Crippen LogP contribution in [0, 0.1) is 11.6 Å². The van der Waals surface area contributed by atoms with Crippen molar-refractivity contribution in [1.29, 1.82) is 0 Å². The smallest absolute Gasteiger partial charge is 0.137 e. The lowest BCUT2D eigenvalue weighted by atomic mass is 10.0. The van der Waals surface area contributed by atoms with Crippen molar-refractivity contribution >= 4 is 43.5 Å². The van der Waals surface area contributed by atoms with Gasteiger partial charge in [-0.2, -0.15) is 0 Å². The van der Waals surface area contributed by atoms with E-state index in [0.717, 1.165) is 22.2 Å². The summed E-state index contributed by atoms with van der Waals surface area (Å²) in [4.78, 5) is 0. The second kappa shape index (κ2) is 6.33. The van der Waals surface area contributed by atoms with Crippen LogP contribution in [0.15, 0.2) is 45.3 Å². The van der Waals surface area contributed by atoms with Crippen LogP contribution in [0.4, 0.5) is 8.78 Å². The van der Waals surface area contributed by atoms with Crippen LogP contribution in [-0.4, -0.2) is 0 Å². The van der Waals surface area contributed by atoms with Gasteiger partial charge in [0.25, 0.3) is 0 Å².